The van der Waals surface area contributed by atoms with Gasteiger partial charge in [-0.25, -0.2) is 0 Å². The highest BCUT2D eigenvalue weighted by molar-refractivity contribution is 6.05. The molecule has 0 aromatic heterocycles. The summed E-state index contributed by atoms with van der Waals surface area (Å²) in [4.78, 5) is 49.0. The van der Waals surface area contributed by atoms with Gasteiger partial charge < -0.3 is 10.5 Å². The van der Waals surface area contributed by atoms with Crippen LogP contribution in [0.3, 0.4) is 0 Å². The number of fused-ring (bicyclic) bond motifs is 1. The van der Waals surface area contributed by atoms with Gasteiger partial charge in [0.1, 0.15) is 11.6 Å². The first-order valence-corrected chi connectivity index (χ1v) is 7.92. The highest BCUT2D eigenvalue weighted by Gasteiger charge is 2.46. The van der Waals surface area contributed by atoms with E-state index in [9.17, 15) is 19.2 Å². The van der Waals surface area contributed by atoms with Crippen molar-refractivity contribution in [2.45, 2.75) is 26.2 Å². The summed E-state index contributed by atoms with van der Waals surface area (Å²) < 4.78 is 4.79. The highest BCUT2D eigenvalue weighted by atomic mass is 16.5. The maximum Gasteiger partial charge on any atom is 0.308 e. The van der Waals surface area contributed by atoms with Crippen molar-refractivity contribution in [1.82, 2.24) is 4.90 Å². The number of amides is 2. The Labute approximate surface area is 144 Å². The van der Waals surface area contributed by atoms with Crippen molar-refractivity contribution >= 4 is 23.6 Å². The third-order valence-corrected chi connectivity index (χ3v) is 4.29. The molecule has 2 rings (SSSR count). The number of rotatable bonds is 6. The summed E-state index contributed by atoms with van der Waals surface area (Å²) in [5.41, 5.74) is 5.19. The molecule has 0 radical (unpaired) electrons. The maximum absolute atomic E-state index is 12.2. The number of carbonyl (C=O) groups excluding carboxylic acids is 4. The summed E-state index contributed by atoms with van der Waals surface area (Å²) in [6.07, 6.45) is 4.63. The van der Waals surface area contributed by atoms with Gasteiger partial charge in [0.25, 0.3) is 0 Å². The van der Waals surface area contributed by atoms with Gasteiger partial charge in [0, 0.05) is 12.2 Å². The van der Waals surface area contributed by atoms with Crippen LogP contribution in [0.5, 0.6) is 0 Å². The number of likely N-dealkylation sites (tertiary alicyclic amines) is 1. The number of hydrogen-bond donors (Lipinski definition) is 1. The number of ether oxygens (including phenoxy) is 1. The summed E-state index contributed by atoms with van der Waals surface area (Å²) in [7, 11) is 0. The van der Waals surface area contributed by atoms with Crippen molar-refractivity contribution in [1.29, 1.82) is 5.26 Å². The van der Waals surface area contributed by atoms with Crippen LogP contribution in [-0.4, -0.2) is 41.6 Å². The van der Waals surface area contributed by atoms with Crippen molar-refractivity contribution in [3.63, 3.8) is 0 Å². The number of Topliss-reactive ketones (excluding diaryl/α,β-unsaturated/α-hetero) is 1. The minimum absolute atomic E-state index is 0.0491. The van der Waals surface area contributed by atoms with Crippen LogP contribution in [0.25, 0.3) is 0 Å². The molecule has 0 saturated carbocycles. The Morgan fingerprint density at radius 2 is 1.84 bits per heavy atom. The first-order chi connectivity index (χ1) is 11.9. The molecular formula is C17H19N3O5. The summed E-state index contributed by atoms with van der Waals surface area (Å²) in [6.45, 7) is 0.721. The Morgan fingerprint density at radius 1 is 1.28 bits per heavy atom. The van der Waals surface area contributed by atoms with Gasteiger partial charge in [-0.3, -0.25) is 24.1 Å². The van der Waals surface area contributed by atoms with Crippen LogP contribution in [0, 0.1) is 23.2 Å². The average Bonchev–Trinajstić information content (AvgIpc) is 2.83. The van der Waals surface area contributed by atoms with E-state index >= 15 is 0 Å². The van der Waals surface area contributed by atoms with Crippen LogP contribution in [0.1, 0.15) is 26.2 Å². The lowest BCUT2D eigenvalue weighted by Gasteiger charge is -2.14. The van der Waals surface area contributed by atoms with Crippen LogP contribution < -0.4 is 5.73 Å². The number of esters is 1. The van der Waals surface area contributed by atoms with Gasteiger partial charge in [-0.2, -0.15) is 5.26 Å². The molecule has 1 heterocycles. The van der Waals surface area contributed by atoms with E-state index in [0.29, 0.717) is 12.8 Å². The first-order valence-electron chi connectivity index (χ1n) is 7.92. The standard InChI is InChI=1S/C17H19N3O5/c1-10(19)13(8-18)14(21)9-25-15(22)6-7-20-16(23)11-4-2-3-5-12(11)17(20)24/h2-3,11-12H,4-7,9,19H2,1H3/b13-10+. The van der Waals surface area contributed by atoms with E-state index in [2.05, 4.69) is 0 Å². The van der Waals surface area contributed by atoms with Crippen molar-refractivity contribution in [3.05, 3.63) is 23.4 Å². The van der Waals surface area contributed by atoms with E-state index in [1.54, 1.807) is 6.07 Å². The highest BCUT2D eigenvalue weighted by Crippen LogP contribution is 2.34. The number of nitrogens with zero attached hydrogens (tertiary/aromatic N) is 2. The minimum Gasteiger partial charge on any atom is -0.457 e. The smallest absolute Gasteiger partial charge is 0.308 e. The van der Waals surface area contributed by atoms with Gasteiger partial charge in [-0.15, -0.1) is 0 Å². The fourth-order valence-corrected chi connectivity index (χ4v) is 2.95. The second kappa shape index (κ2) is 7.75. The lowest BCUT2D eigenvalue weighted by molar-refractivity contribution is -0.148. The Bertz CT molecular complexity index is 686. The Kier molecular flexibility index (Phi) is 5.70. The summed E-state index contributed by atoms with van der Waals surface area (Å²) >= 11 is 0. The summed E-state index contributed by atoms with van der Waals surface area (Å²) in [6, 6.07) is 1.65. The molecule has 2 aliphatic rings. The lowest BCUT2D eigenvalue weighted by atomic mass is 9.85. The third-order valence-electron chi connectivity index (χ3n) is 4.29. The maximum atomic E-state index is 12.2. The first kappa shape index (κ1) is 18.4. The molecule has 2 unspecified atom stereocenters. The Hall–Kier alpha value is -2.95. The fourth-order valence-electron chi connectivity index (χ4n) is 2.95. The van der Waals surface area contributed by atoms with Crippen LogP contribution in [0.2, 0.25) is 0 Å². The zero-order chi connectivity index (χ0) is 18.6. The Balaban J connectivity index is 1.84. The molecule has 132 valence electrons. The number of nitrogens with two attached hydrogens (primary N) is 1. The van der Waals surface area contributed by atoms with E-state index in [0.717, 1.165) is 4.90 Å². The van der Waals surface area contributed by atoms with Crippen molar-refractivity contribution in [2.24, 2.45) is 17.6 Å². The van der Waals surface area contributed by atoms with E-state index < -0.39 is 18.4 Å². The molecule has 2 amide bonds. The van der Waals surface area contributed by atoms with E-state index in [-0.39, 0.29) is 47.9 Å². The van der Waals surface area contributed by atoms with Gasteiger partial charge in [0.2, 0.25) is 17.6 Å². The molecule has 0 aromatic rings. The number of ketones is 1. The SMILES string of the molecule is C/C(N)=C(/C#N)C(=O)COC(=O)CCN1C(=O)C2CC=CCC2C1=O. The molecule has 8 heteroatoms. The third kappa shape index (κ3) is 3.94. The molecule has 0 spiro atoms. The molecule has 2 atom stereocenters. The molecule has 1 aliphatic carbocycles. The molecule has 1 aliphatic heterocycles. The van der Waals surface area contributed by atoms with Crippen LogP contribution in [0.4, 0.5) is 0 Å². The predicted octanol–water partition coefficient (Wildman–Crippen LogP) is 0.196. The van der Waals surface area contributed by atoms with E-state index in [1.807, 2.05) is 12.2 Å². The topological polar surface area (TPSA) is 131 Å². The fraction of sp³-hybridized carbons (Fsp3) is 0.471. The lowest BCUT2D eigenvalue weighted by Crippen LogP contribution is -2.33. The van der Waals surface area contributed by atoms with Gasteiger partial charge in [0.15, 0.2) is 6.61 Å². The summed E-state index contributed by atoms with van der Waals surface area (Å²) in [5.74, 6) is -2.64. The summed E-state index contributed by atoms with van der Waals surface area (Å²) in [5, 5.41) is 8.80. The molecule has 0 aromatic carbocycles. The van der Waals surface area contributed by atoms with Crippen LogP contribution in [-0.2, 0) is 23.9 Å². The van der Waals surface area contributed by atoms with Gasteiger partial charge in [-0.05, 0) is 19.8 Å². The minimum atomic E-state index is -0.728. The number of nitriles is 1. The van der Waals surface area contributed by atoms with Crippen LogP contribution >= 0.6 is 0 Å². The second-order valence-corrected chi connectivity index (χ2v) is 5.99. The molecule has 8 nitrogen and oxygen atoms in total. The zero-order valence-corrected chi connectivity index (χ0v) is 13.9. The molecule has 1 fully saturated rings. The number of imide groups is 1. The normalized spacial score (nSPS) is 23.0. The second-order valence-electron chi connectivity index (χ2n) is 5.99. The number of allylic oxidation sites excluding steroid dienone is 3. The van der Waals surface area contributed by atoms with Crippen molar-refractivity contribution in [2.75, 3.05) is 13.2 Å². The van der Waals surface area contributed by atoms with Crippen molar-refractivity contribution < 1.29 is 23.9 Å². The average molecular weight is 345 g/mol. The number of carbonyl (C=O) groups is 4. The van der Waals surface area contributed by atoms with Gasteiger partial charge >= 0.3 is 5.97 Å². The number of hydrogen-bond acceptors (Lipinski definition) is 7. The molecule has 25 heavy (non-hydrogen) atoms. The molecule has 2 N–H and O–H groups in total. The van der Waals surface area contributed by atoms with E-state index in [1.165, 1.54) is 6.92 Å². The van der Waals surface area contributed by atoms with Crippen molar-refractivity contribution in [3.8, 4) is 6.07 Å². The van der Waals surface area contributed by atoms with E-state index in [4.69, 9.17) is 15.7 Å². The zero-order valence-electron chi connectivity index (χ0n) is 13.9. The quantitative estimate of drug-likeness (QED) is 0.239. The Morgan fingerprint density at radius 3 is 2.32 bits per heavy atom. The van der Waals surface area contributed by atoms with Crippen LogP contribution in [0.15, 0.2) is 23.4 Å². The molecule has 0 bridgehead atoms. The van der Waals surface area contributed by atoms with Gasteiger partial charge in [0.05, 0.1) is 18.3 Å². The molecular weight excluding hydrogens is 326 g/mol. The largest absolute Gasteiger partial charge is 0.457 e. The molecule has 1 saturated heterocycles. The monoisotopic (exact) mass is 345 g/mol. The van der Waals surface area contributed by atoms with Gasteiger partial charge in [-0.1, -0.05) is 12.2 Å². The predicted molar refractivity (Wildman–Crippen MR) is 85.2 cm³/mol.